The van der Waals surface area contributed by atoms with Gasteiger partial charge in [0.05, 0.1) is 18.1 Å². The summed E-state index contributed by atoms with van der Waals surface area (Å²) in [6.07, 6.45) is 2.77. The van der Waals surface area contributed by atoms with Crippen molar-refractivity contribution in [2.24, 2.45) is 0 Å². The highest BCUT2D eigenvalue weighted by Crippen LogP contribution is 2.43. The third-order valence-corrected chi connectivity index (χ3v) is 7.73. The maximum atomic E-state index is 15.2. The lowest BCUT2D eigenvalue weighted by Crippen LogP contribution is -2.43. The van der Waals surface area contributed by atoms with Crippen molar-refractivity contribution in [1.29, 1.82) is 0 Å². The van der Waals surface area contributed by atoms with E-state index in [1.807, 2.05) is 11.8 Å². The number of nitrogens with zero attached hydrogens (tertiary/aromatic N) is 6. The second kappa shape index (κ2) is 8.81. The van der Waals surface area contributed by atoms with E-state index in [2.05, 4.69) is 24.8 Å². The molecule has 0 radical (unpaired) electrons. The number of halogens is 3. The second-order valence-corrected chi connectivity index (χ2v) is 9.93. The smallest absolute Gasteiger partial charge is 0.319 e. The molecule has 3 aromatic heterocycles. The number of pyridine rings is 2. The van der Waals surface area contributed by atoms with Crippen LogP contribution in [0.5, 0.6) is 17.8 Å². The van der Waals surface area contributed by atoms with Gasteiger partial charge in [-0.25, -0.2) is 13.8 Å². The van der Waals surface area contributed by atoms with Crippen LogP contribution in [0.1, 0.15) is 37.8 Å². The third-order valence-electron chi connectivity index (χ3n) is 7.48. The standard InChI is InChI=1S/C24H25ClF2N6O3/c1-13(15-4-2-6-28-21(15)34)33-8-9-35-22-16-18(17(27)19(25)30-22)29-23(31-20(16)33)36-12-24-5-3-7-32(24)11-14(26)10-24/h2,4,6,13-14H,3,5,7-12H2,1H3,(H,28,34)/t13-,14-,24+/m1/s1. The molecule has 0 spiro atoms. The average molecular weight is 519 g/mol. The second-order valence-electron chi connectivity index (χ2n) is 9.57. The van der Waals surface area contributed by atoms with E-state index in [4.69, 9.17) is 21.1 Å². The fourth-order valence-electron chi connectivity index (χ4n) is 5.73. The van der Waals surface area contributed by atoms with Crippen molar-refractivity contribution in [1.82, 2.24) is 24.8 Å². The summed E-state index contributed by atoms with van der Waals surface area (Å²) in [6.45, 7) is 3.87. The van der Waals surface area contributed by atoms with Gasteiger partial charge in [0, 0.05) is 24.7 Å². The van der Waals surface area contributed by atoms with Gasteiger partial charge in [-0.2, -0.15) is 15.0 Å². The first-order valence-electron chi connectivity index (χ1n) is 12.0. The van der Waals surface area contributed by atoms with Gasteiger partial charge >= 0.3 is 6.01 Å². The van der Waals surface area contributed by atoms with Gasteiger partial charge in [-0.05, 0) is 32.4 Å². The van der Waals surface area contributed by atoms with Gasteiger partial charge in [-0.1, -0.05) is 17.7 Å². The summed E-state index contributed by atoms with van der Waals surface area (Å²) in [7, 11) is 0. The topological polar surface area (TPSA) is 96.7 Å². The molecule has 6 rings (SSSR count). The molecule has 9 nitrogen and oxygen atoms in total. The predicted octanol–water partition coefficient (Wildman–Crippen LogP) is 3.83. The van der Waals surface area contributed by atoms with Crippen LogP contribution >= 0.6 is 11.6 Å². The molecule has 2 saturated heterocycles. The monoisotopic (exact) mass is 518 g/mol. The van der Waals surface area contributed by atoms with Gasteiger partial charge in [-0.3, -0.25) is 4.90 Å². The molecule has 3 aliphatic heterocycles. The van der Waals surface area contributed by atoms with Crippen LogP contribution in [-0.4, -0.2) is 74.5 Å². The summed E-state index contributed by atoms with van der Waals surface area (Å²) in [5, 5.41) is 10.3. The molecule has 0 saturated carbocycles. The Hall–Kier alpha value is -3.05. The van der Waals surface area contributed by atoms with Crippen LogP contribution in [-0.2, 0) is 0 Å². The molecule has 2 fully saturated rings. The zero-order valence-electron chi connectivity index (χ0n) is 19.6. The molecule has 12 heteroatoms. The van der Waals surface area contributed by atoms with Crippen LogP contribution in [0.4, 0.5) is 14.6 Å². The lowest BCUT2D eigenvalue weighted by atomic mass is 9.95. The normalized spacial score (nSPS) is 24.4. The van der Waals surface area contributed by atoms with Crippen molar-refractivity contribution in [3.05, 3.63) is 34.9 Å². The van der Waals surface area contributed by atoms with Crippen LogP contribution in [0.3, 0.4) is 0 Å². The van der Waals surface area contributed by atoms with E-state index in [0.29, 0.717) is 30.9 Å². The summed E-state index contributed by atoms with van der Waals surface area (Å²) in [5.41, 5.74) is 0.0799. The molecule has 3 aliphatic rings. The van der Waals surface area contributed by atoms with Crippen molar-refractivity contribution in [2.75, 3.05) is 37.7 Å². The first-order chi connectivity index (χ1) is 17.4. The van der Waals surface area contributed by atoms with Crippen molar-refractivity contribution >= 4 is 28.3 Å². The summed E-state index contributed by atoms with van der Waals surface area (Å²) < 4.78 is 41.3. The van der Waals surface area contributed by atoms with E-state index in [1.54, 1.807) is 12.1 Å². The lowest BCUT2D eigenvalue weighted by Gasteiger charge is -2.31. The molecule has 1 N–H and O–H groups in total. The van der Waals surface area contributed by atoms with Gasteiger partial charge in [0.2, 0.25) is 11.8 Å². The number of aromatic hydroxyl groups is 1. The van der Waals surface area contributed by atoms with Crippen molar-refractivity contribution < 1.29 is 23.4 Å². The summed E-state index contributed by atoms with van der Waals surface area (Å²) in [4.78, 5) is 21.1. The third kappa shape index (κ3) is 3.76. The van der Waals surface area contributed by atoms with Crippen LogP contribution in [0.15, 0.2) is 18.3 Å². The summed E-state index contributed by atoms with van der Waals surface area (Å²) >= 11 is 6.07. The van der Waals surface area contributed by atoms with E-state index >= 15 is 4.39 Å². The molecule has 0 aliphatic carbocycles. The molecule has 0 bridgehead atoms. The first-order valence-corrected chi connectivity index (χ1v) is 12.4. The zero-order valence-corrected chi connectivity index (χ0v) is 20.4. The first kappa shape index (κ1) is 23.4. The highest BCUT2D eigenvalue weighted by atomic mass is 35.5. The molecular formula is C24H25ClF2N6O3. The molecule has 36 heavy (non-hydrogen) atoms. The van der Waals surface area contributed by atoms with Crippen LogP contribution in [0.25, 0.3) is 10.9 Å². The number of hydrogen-bond acceptors (Lipinski definition) is 9. The Balaban J connectivity index is 1.44. The molecule has 0 aromatic carbocycles. The van der Waals surface area contributed by atoms with Crippen LogP contribution in [0, 0.1) is 5.82 Å². The van der Waals surface area contributed by atoms with E-state index in [1.165, 1.54) is 6.20 Å². The van der Waals surface area contributed by atoms with Gasteiger partial charge in [0.1, 0.15) is 36.1 Å². The molecule has 0 unspecified atom stereocenters. The van der Waals surface area contributed by atoms with Crippen molar-refractivity contribution in [3.63, 3.8) is 0 Å². The van der Waals surface area contributed by atoms with E-state index < -0.39 is 23.6 Å². The molecule has 3 aromatic rings. The number of fused-ring (bicyclic) bond motifs is 1. The Morgan fingerprint density at radius 2 is 2.19 bits per heavy atom. The maximum Gasteiger partial charge on any atom is 0.319 e. The van der Waals surface area contributed by atoms with E-state index in [9.17, 15) is 9.50 Å². The highest BCUT2D eigenvalue weighted by Gasteiger charge is 2.49. The van der Waals surface area contributed by atoms with E-state index in [0.717, 1.165) is 19.4 Å². The quantitative estimate of drug-likeness (QED) is 0.505. The van der Waals surface area contributed by atoms with Gasteiger partial charge < -0.3 is 19.5 Å². The minimum atomic E-state index is -0.901. The number of alkyl halides is 1. The molecule has 0 amide bonds. The number of ether oxygens (including phenoxy) is 2. The minimum absolute atomic E-state index is 0.0392. The lowest BCUT2D eigenvalue weighted by molar-refractivity contribution is 0.107. The summed E-state index contributed by atoms with van der Waals surface area (Å²) in [6, 6.07) is 3.05. The number of hydrogen-bond donors (Lipinski definition) is 1. The Bertz CT molecular complexity index is 1330. The van der Waals surface area contributed by atoms with Crippen LogP contribution in [0.2, 0.25) is 5.15 Å². The van der Waals surface area contributed by atoms with Gasteiger partial charge in [-0.15, -0.1) is 0 Å². The van der Waals surface area contributed by atoms with Gasteiger partial charge in [0.15, 0.2) is 11.0 Å². The molecule has 190 valence electrons. The number of anilines is 1. The fraction of sp³-hybridized carbons (Fsp3) is 0.500. The maximum absolute atomic E-state index is 15.2. The fourth-order valence-corrected chi connectivity index (χ4v) is 5.89. The van der Waals surface area contributed by atoms with Crippen LogP contribution < -0.4 is 14.4 Å². The largest absolute Gasteiger partial charge is 0.493 e. The summed E-state index contributed by atoms with van der Waals surface area (Å²) in [5.74, 6) is -0.451. The Morgan fingerprint density at radius 3 is 3.03 bits per heavy atom. The van der Waals surface area contributed by atoms with Crippen molar-refractivity contribution in [2.45, 2.75) is 43.9 Å². The average Bonchev–Trinajstić information content (AvgIpc) is 3.32. The number of aromatic nitrogens is 4. The van der Waals surface area contributed by atoms with Crippen molar-refractivity contribution in [3.8, 4) is 17.8 Å². The minimum Gasteiger partial charge on any atom is -0.493 e. The Morgan fingerprint density at radius 1 is 1.33 bits per heavy atom. The highest BCUT2D eigenvalue weighted by molar-refractivity contribution is 6.30. The molecular weight excluding hydrogens is 494 g/mol. The molecule has 6 heterocycles. The Labute approximate surface area is 211 Å². The van der Waals surface area contributed by atoms with Gasteiger partial charge in [0.25, 0.3) is 0 Å². The van der Waals surface area contributed by atoms with E-state index in [-0.39, 0.29) is 47.0 Å². The predicted molar refractivity (Wildman–Crippen MR) is 128 cm³/mol. The Kier molecular flexibility index (Phi) is 5.71. The molecule has 3 atom stereocenters. The SMILES string of the molecule is C[C@H](c1cccnc1O)N1CCOc2nc(Cl)c(F)c3nc(OC[C@@]45CCCN4C[C@H](F)C5)nc1c23. The number of rotatable bonds is 5. The zero-order chi connectivity index (χ0) is 25.0.